The predicted molar refractivity (Wildman–Crippen MR) is 94.2 cm³/mol. The first-order valence-electron chi connectivity index (χ1n) is 7.24. The largest absolute Gasteiger partial charge is 0.506 e. The SMILES string of the molecule is NS(=O)(=O)N(c1ccccc1)c1cc(O)c(N2CC(=O)NS2(=O)=O)c(F)c1. The van der Waals surface area contributed by atoms with Crippen molar-refractivity contribution in [1.29, 1.82) is 0 Å². The van der Waals surface area contributed by atoms with Crippen LogP contribution < -0.4 is 18.5 Å². The van der Waals surface area contributed by atoms with Gasteiger partial charge < -0.3 is 5.11 Å². The van der Waals surface area contributed by atoms with Crippen LogP contribution in [0.2, 0.25) is 0 Å². The fourth-order valence-electron chi connectivity index (χ4n) is 2.59. The normalized spacial score (nSPS) is 16.2. The lowest BCUT2D eigenvalue weighted by Crippen LogP contribution is -2.33. The van der Waals surface area contributed by atoms with Crippen LogP contribution in [0.3, 0.4) is 0 Å². The summed E-state index contributed by atoms with van der Waals surface area (Å²) in [5.41, 5.74) is -1.09. The van der Waals surface area contributed by atoms with Gasteiger partial charge in [0.2, 0.25) is 0 Å². The van der Waals surface area contributed by atoms with Gasteiger partial charge in [0.1, 0.15) is 18.0 Å². The molecule has 0 radical (unpaired) electrons. The van der Waals surface area contributed by atoms with E-state index in [0.29, 0.717) is 14.7 Å². The van der Waals surface area contributed by atoms with E-state index in [2.05, 4.69) is 0 Å². The molecule has 2 aromatic rings. The molecule has 3 rings (SSSR count). The zero-order valence-electron chi connectivity index (χ0n) is 13.4. The molecule has 1 heterocycles. The number of halogens is 1. The van der Waals surface area contributed by atoms with Gasteiger partial charge in [0.05, 0.1) is 11.4 Å². The molecule has 1 saturated heterocycles. The second-order valence-electron chi connectivity index (χ2n) is 5.48. The average molecular weight is 416 g/mol. The van der Waals surface area contributed by atoms with E-state index in [4.69, 9.17) is 5.14 Å². The molecule has 0 bridgehead atoms. The zero-order chi connectivity index (χ0) is 20.0. The number of nitrogens with one attached hydrogen (secondary N) is 1. The van der Waals surface area contributed by atoms with Gasteiger partial charge in [0.25, 0.3) is 5.91 Å². The van der Waals surface area contributed by atoms with Gasteiger partial charge in [-0.2, -0.15) is 16.8 Å². The summed E-state index contributed by atoms with van der Waals surface area (Å²) in [5.74, 6) is -3.07. The molecule has 13 heteroatoms. The number of phenolic OH excluding ortho intramolecular Hbond substituents is 1. The van der Waals surface area contributed by atoms with Gasteiger partial charge in [0.15, 0.2) is 5.82 Å². The third-order valence-corrected chi connectivity index (χ3v) is 5.89. The molecule has 10 nitrogen and oxygen atoms in total. The zero-order valence-corrected chi connectivity index (χ0v) is 15.0. The molecule has 1 amide bonds. The van der Waals surface area contributed by atoms with Crippen molar-refractivity contribution in [3.63, 3.8) is 0 Å². The first-order valence-corrected chi connectivity index (χ1v) is 10.2. The van der Waals surface area contributed by atoms with Gasteiger partial charge >= 0.3 is 20.4 Å². The van der Waals surface area contributed by atoms with Gasteiger partial charge in [-0.1, -0.05) is 18.2 Å². The van der Waals surface area contributed by atoms with Crippen LogP contribution in [0.1, 0.15) is 0 Å². The minimum absolute atomic E-state index is 0.0668. The van der Waals surface area contributed by atoms with Crippen molar-refractivity contribution in [3.8, 4) is 5.75 Å². The molecule has 0 unspecified atom stereocenters. The van der Waals surface area contributed by atoms with E-state index in [1.54, 1.807) is 10.8 Å². The number of carbonyl (C=O) groups is 1. The number of para-hydroxylation sites is 1. The van der Waals surface area contributed by atoms with Crippen molar-refractivity contribution in [2.75, 3.05) is 15.2 Å². The van der Waals surface area contributed by atoms with E-state index < -0.39 is 50.1 Å². The lowest BCUT2D eigenvalue weighted by molar-refractivity contribution is -0.117. The lowest BCUT2D eigenvalue weighted by Gasteiger charge is -2.24. The van der Waals surface area contributed by atoms with Crippen LogP contribution in [-0.2, 0) is 25.2 Å². The molecule has 1 fully saturated rings. The standard InChI is InChI=1S/C14H13FN4O6S2/c15-11-6-10(19(26(16,22)23)9-4-2-1-3-5-9)7-12(20)14(11)18-8-13(21)17-27(18,24)25/h1-7,20H,8H2,(H,17,21)(H2,16,22,23). The Balaban J connectivity index is 2.15. The van der Waals surface area contributed by atoms with E-state index in [1.807, 2.05) is 0 Å². The van der Waals surface area contributed by atoms with Crippen LogP contribution in [0, 0.1) is 5.82 Å². The van der Waals surface area contributed by atoms with Gasteiger partial charge in [-0.05, 0) is 12.1 Å². The fraction of sp³-hybridized carbons (Fsp3) is 0.0714. The average Bonchev–Trinajstić information content (AvgIpc) is 2.79. The predicted octanol–water partition coefficient (Wildman–Crippen LogP) is 0.0539. The van der Waals surface area contributed by atoms with Crippen LogP contribution in [0.25, 0.3) is 0 Å². The summed E-state index contributed by atoms with van der Waals surface area (Å²) in [7, 11) is -8.78. The minimum Gasteiger partial charge on any atom is -0.506 e. The van der Waals surface area contributed by atoms with E-state index in [0.717, 1.165) is 6.07 Å². The van der Waals surface area contributed by atoms with Crippen LogP contribution in [0.4, 0.5) is 21.5 Å². The van der Waals surface area contributed by atoms with Gasteiger partial charge in [-0.15, -0.1) is 0 Å². The number of amides is 1. The Bertz CT molecular complexity index is 1100. The summed E-state index contributed by atoms with van der Waals surface area (Å²) >= 11 is 0. The second-order valence-corrected chi connectivity index (χ2v) is 8.47. The topological polar surface area (TPSA) is 150 Å². The highest BCUT2D eigenvalue weighted by molar-refractivity contribution is 7.92. The van der Waals surface area contributed by atoms with Crippen molar-refractivity contribution in [3.05, 3.63) is 48.3 Å². The van der Waals surface area contributed by atoms with Gasteiger partial charge in [-0.25, -0.2) is 22.9 Å². The molecule has 144 valence electrons. The number of hydrogen-bond donors (Lipinski definition) is 3. The molecule has 0 aliphatic carbocycles. The Kier molecular flexibility index (Phi) is 4.45. The summed E-state index contributed by atoms with van der Waals surface area (Å²) in [5, 5.41) is 15.4. The fourth-order valence-corrected chi connectivity index (χ4v) is 4.57. The van der Waals surface area contributed by atoms with Crippen LogP contribution in [0.5, 0.6) is 5.75 Å². The highest BCUT2D eigenvalue weighted by Gasteiger charge is 2.38. The smallest absolute Gasteiger partial charge is 0.326 e. The number of aromatic hydroxyl groups is 1. The molecular formula is C14H13FN4O6S2. The number of phenols is 1. The molecule has 1 aliphatic heterocycles. The minimum atomic E-state index is -4.41. The van der Waals surface area contributed by atoms with Gasteiger partial charge in [-0.3, -0.25) is 4.79 Å². The van der Waals surface area contributed by atoms with E-state index in [-0.39, 0.29) is 11.4 Å². The maximum absolute atomic E-state index is 14.6. The summed E-state index contributed by atoms with van der Waals surface area (Å²) in [6.07, 6.45) is 0. The molecule has 0 spiro atoms. The third-order valence-electron chi connectivity index (χ3n) is 3.58. The number of anilines is 3. The van der Waals surface area contributed by atoms with Gasteiger partial charge in [0, 0.05) is 12.1 Å². The van der Waals surface area contributed by atoms with Crippen molar-refractivity contribution in [2.24, 2.45) is 5.14 Å². The molecule has 2 aromatic carbocycles. The van der Waals surface area contributed by atoms with Crippen molar-refractivity contribution < 1.29 is 31.1 Å². The summed E-state index contributed by atoms with van der Waals surface area (Å²) < 4.78 is 64.9. The molecule has 27 heavy (non-hydrogen) atoms. The Morgan fingerprint density at radius 2 is 1.81 bits per heavy atom. The molecule has 1 aliphatic rings. The van der Waals surface area contributed by atoms with Crippen LogP contribution >= 0.6 is 0 Å². The monoisotopic (exact) mass is 416 g/mol. The number of hydrogen-bond acceptors (Lipinski definition) is 6. The van der Waals surface area contributed by atoms with Crippen molar-refractivity contribution in [1.82, 2.24) is 4.72 Å². The van der Waals surface area contributed by atoms with E-state index in [9.17, 15) is 31.1 Å². The molecular weight excluding hydrogens is 403 g/mol. The highest BCUT2D eigenvalue weighted by Crippen LogP contribution is 2.39. The van der Waals surface area contributed by atoms with Crippen molar-refractivity contribution in [2.45, 2.75) is 0 Å². The number of carbonyl (C=O) groups excluding carboxylic acids is 1. The molecule has 4 N–H and O–H groups in total. The number of nitrogens with two attached hydrogens (primary N) is 1. The molecule has 0 saturated carbocycles. The number of rotatable bonds is 4. The molecule has 0 aromatic heterocycles. The number of benzene rings is 2. The van der Waals surface area contributed by atoms with E-state index in [1.165, 1.54) is 24.3 Å². The first kappa shape index (κ1) is 18.9. The first-order chi connectivity index (χ1) is 12.5. The van der Waals surface area contributed by atoms with E-state index >= 15 is 0 Å². The summed E-state index contributed by atoms with van der Waals surface area (Å²) in [6.45, 7) is -0.732. The highest BCUT2D eigenvalue weighted by atomic mass is 32.2. The third kappa shape index (κ3) is 3.51. The summed E-state index contributed by atoms with van der Waals surface area (Å²) in [6, 6.07) is 8.95. The number of nitrogens with zero attached hydrogens (tertiary/aromatic N) is 2. The van der Waals surface area contributed by atoms with Crippen LogP contribution in [-0.4, -0.2) is 34.4 Å². The van der Waals surface area contributed by atoms with Crippen LogP contribution in [0.15, 0.2) is 42.5 Å². The Labute approximate surface area is 154 Å². The maximum atomic E-state index is 14.6. The summed E-state index contributed by atoms with van der Waals surface area (Å²) in [4.78, 5) is 11.3. The second kappa shape index (κ2) is 6.37. The Morgan fingerprint density at radius 1 is 1.19 bits per heavy atom. The Hall–Kier alpha value is -2.90. The van der Waals surface area contributed by atoms with Crippen molar-refractivity contribution >= 4 is 43.4 Å². The quantitative estimate of drug-likeness (QED) is 0.641. The molecule has 0 atom stereocenters. The Morgan fingerprint density at radius 3 is 2.30 bits per heavy atom. The lowest BCUT2D eigenvalue weighted by atomic mass is 10.2. The maximum Gasteiger partial charge on any atom is 0.326 e.